The van der Waals surface area contributed by atoms with Crippen LogP contribution in [-0.2, 0) is 13.6 Å². The molecule has 1 aliphatic heterocycles. The highest BCUT2D eigenvalue weighted by molar-refractivity contribution is 5.74. The number of aliphatic hydroxyl groups excluding tert-OH is 1. The van der Waals surface area contributed by atoms with Gasteiger partial charge < -0.3 is 19.9 Å². The number of aryl methyl sites for hydroxylation is 1. The maximum absolute atomic E-state index is 13.6. The number of carbonyl (C=O) groups is 1. The van der Waals surface area contributed by atoms with Crippen molar-refractivity contribution in [3.8, 4) is 0 Å². The number of hydrogen-bond donors (Lipinski definition) is 2. The summed E-state index contributed by atoms with van der Waals surface area (Å²) < 4.78 is 28.6. The van der Waals surface area contributed by atoms with E-state index in [9.17, 15) is 18.7 Å². The van der Waals surface area contributed by atoms with E-state index >= 15 is 0 Å². The van der Waals surface area contributed by atoms with Crippen molar-refractivity contribution in [3.63, 3.8) is 0 Å². The van der Waals surface area contributed by atoms with Gasteiger partial charge in [-0.3, -0.25) is 0 Å². The highest BCUT2D eigenvalue weighted by Gasteiger charge is 2.30. The van der Waals surface area contributed by atoms with Gasteiger partial charge in [-0.2, -0.15) is 0 Å². The average molecular weight is 364 g/mol. The molecule has 2 heterocycles. The van der Waals surface area contributed by atoms with Gasteiger partial charge in [0.1, 0.15) is 11.9 Å². The lowest BCUT2D eigenvalue weighted by molar-refractivity contribution is 0.0584. The maximum Gasteiger partial charge on any atom is 0.317 e. The number of rotatable bonds is 4. The minimum Gasteiger partial charge on any atom is -0.385 e. The number of piperidine rings is 1. The molecule has 1 aliphatic rings. The first-order chi connectivity index (χ1) is 12.5. The number of aromatic nitrogens is 2. The largest absolute Gasteiger partial charge is 0.385 e. The molecule has 8 heteroatoms. The smallest absolute Gasteiger partial charge is 0.317 e. The summed E-state index contributed by atoms with van der Waals surface area (Å²) in [4.78, 5) is 18.0. The van der Waals surface area contributed by atoms with Crippen molar-refractivity contribution in [2.75, 3.05) is 13.1 Å². The van der Waals surface area contributed by atoms with E-state index in [0.717, 1.165) is 6.07 Å². The minimum absolute atomic E-state index is 0.0285. The predicted molar refractivity (Wildman–Crippen MR) is 91.1 cm³/mol. The van der Waals surface area contributed by atoms with Crippen molar-refractivity contribution in [2.24, 2.45) is 13.0 Å². The highest BCUT2D eigenvalue weighted by atomic mass is 19.2. The fraction of sp³-hybridized carbons (Fsp3) is 0.444. The van der Waals surface area contributed by atoms with Crippen LogP contribution in [0.15, 0.2) is 30.6 Å². The number of benzene rings is 1. The van der Waals surface area contributed by atoms with E-state index in [-0.39, 0.29) is 24.1 Å². The summed E-state index contributed by atoms with van der Waals surface area (Å²) in [5, 5.41) is 13.1. The molecule has 140 valence electrons. The molecular formula is C18H22F2N4O2. The number of nitrogens with one attached hydrogen (secondary N) is 1. The molecule has 3 rings (SSSR count). The number of amides is 2. The Bertz CT molecular complexity index is 772. The SMILES string of the molecule is Cn1ccnc1[C@H](O)C1CCN(C(=O)NCc2cccc(F)c2F)CC1. The number of nitrogens with zero attached hydrogens (tertiary/aromatic N) is 3. The lowest BCUT2D eigenvalue weighted by Gasteiger charge is -2.34. The molecule has 0 spiro atoms. The van der Waals surface area contributed by atoms with E-state index in [1.807, 2.05) is 7.05 Å². The molecule has 2 amide bonds. The van der Waals surface area contributed by atoms with Crippen LogP contribution in [0.5, 0.6) is 0 Å². The van der Waals surface area contributed by atoms with Crippen molar-refractivity contribution in [2.45, 2.75) is 25.5 Å². The van der Waals surface area contributed by atoms with Crippen LogP contribution in [0.3, 0.4) is 0 Å². The fourth-order valence-corrected chi connectivity index (χ4v) is 3.26. The molecule has 1 aromatic carbocycles. The van der Waals surface area contributed by atoms with Crippen molar-refractivity contribution >= 4 is 6.03 Å². The molecule has 2 N–H and O–H groups in total. The lowest BCUT2D eigenvalue weighted by Crippen LogP contribution is -2.45. The van der Waals surface area contributed by atoms with E-state index in [2.05, 4.69) is 10.3 Å². The zero-order valence-corrected chi connectivity index (χ0v) is 14.5. The fourth-order valence-electron chi connectivity index (χ4n) is 3.26. The topological polar surface area (TPSA) is 70.4 Å². The Hall–Kier alpha value is -2.48. The van der Waals surface area contributed by atoms with Gasteiger partial charge in [-0.15, -0.1) is 0 Å². The van der Waals surface area contributed by atoms with Crippen molar-refractivity contribution in [3.05, 3.63) is 53.6 Å². The van der Waals surface area contributed by atoms with Crippen LogP contribution in [0.1, 0.15) is 30.3 Å². The Kier molecular flexibility index (Phi) is 5.51. The zero-order valence-electron chi connectivity index (χ0n) is 14.5. The molecule has 1 aromatic heterocycles. The average Bonchev–Trinajstić information content (AvgIpc) is 3.08. The maximum atomic E-state index is 13.6. The molecule has 1 saturated heterocycles. The molecule has 0 saturated carbocycles. The monoisotopic (exact) mass is 364 g/mol. The number of imidazole rings is 1. The van der Waals surface area contributed by atoms with Gasteiger partial charge in [0, 0.05) is 44.6 Å². The van der Waals surface area contributed by atoms with E-state index < -0.39 is 17.7 Å². The number of aliphatic hydroxyl groups is 1. The second kappa shape index (κ2) is 7.82. The summed E-state index contributed by atoms with van der Waals surface area (Å²) in [5.74, 6) is -1.22. The standard InChI is InChI=1S/C18H22F2N4O2/c1-23-10-7-21-17(23)16(25)12-5-8-24(9-6-12)18(26)22-11-13-3-2-4-14(19)15(13)20/h2-4,7,10,12,16,25H,5-6,8-9,11H2,1H3,(H,22,26)/t16-/m1/s1. The molecule has 1 fully saturated rings. The Morgan fingerprint density at radius 1 is 1.38 bits per heavy atom. The minimum atomic E-state index is -0.940. The number of carbonyl (C=O) groups excluding carboxylic acids is 1. The van der Waals surface area contributed by atoms with Gasteiger partial charge in [-0.05, 0) is 24.8 Å². The van der Waals surface area contributed by atoms with Crippen LogP contribution in [0.2, 0.25) is 0 Å². The summed E-state index contributed by atoms with van der Waals surface area (Å²) in [6, 6.07) is 3.57. The molecule has 1 atom stereocenters. The first-order valence-electron chi connectivity index (χ1n) is 8.58. The van der Waals surface area contributed by atoms with Crippen molar-refractivity contribution in [1.82, 2.24) is 19.8 Å². The summed E-state index contributed by atoms with van der Waals surface area (Å²) in [6.07, 6.45) is 4.06. The Morgan fingerprint density at radius 2 is 2.12 bits per heavy atom. The van der Waals surface area contributed by atoms with Gasteiger partial charge in [-0.25, -0.2) is 18.6 Å². The highest BCUT2D eigenvalue weighted by Crippen LogP contribution is 2.29. The quantitative estimate of drug-likeness (QED) is 0.875. The van der Waals surface area contributed by atoms with Crippen LogP contribution in [-0.4, -0.2) is 38.7 Å². The van der Waals surface area contributed by atoms with Crippen molar-refractivity contribution in [1.29, 1.82) is 0 Å². The number of likely N-dealkylation sites (tertiary alicyclic amines) is 1. The second-order valence-corrected chi connectivity index (χ2v) is 6.54. The molecule has 0 unspecified atom stereocenters. The van der Waals surface area contributed by atoms with Gasteiger partial charge in [-0.1, -0.05) is 12.1 Å². The van der Waals surface area contributed by atoms with E-state index in [0.29, 0.717) is 31.8 Å². The van der Waals surface area contributed by atoms with Gasteiger partial charge >= 0.3 is 6.03 Å². The Labute approximate surface area is 150 Å². The zero-order chi connectivity index (χ0) is 18.7. The Balaban J connectivity index is 1.50. The van der Waals surface area contributed by atoms with Gasteiger partial charge in [0.15, 0.2) is 11.6 Å². The molecule has 26 heavy (non-hydrogen) atoms. The number of halogens is 2. The first-order valence-corrected chi connectivity index (χ1v) is 8.58. The number of urea groups is 1. The molecular weight excluding hydrogens is 342 g/mol. The Morgan fingerprint density at radius 3 is 2.77 bits per heavy atom. The lowest BCUT2D eigenvalue weighted by atomic mass is 9.91. The molecule has 0 radical (unpaired) electrons. The first kappa shape index (κ1) is 18.3. The van der Waals surface area contributed by atoms with Crippen LogP contribution in [0.25, 0.3) is 0 Å². The van der Waals surface area contributed by atoms with E-state index in [4.69, 9.17) is 0 Å². The van der Waals surface area contributed by atoms with E-state index in [1.54, 1.807) is 21.9 Å². The van der Waals surface area contributed by atoms with Crippen molar-refractivity contribution < 1.29 is 18.7 Å². The summed E-state index contributed by atoms with van der Waals surface area (Å²) >= 11 is 0. The second-order valence-electron chi connectivity index (χ2n) is 6.54. The third-order valence-electron chi connectivity index (χ3n) is 4.86. The van der Waals surface area contributed by atoms with Crippen LogP contribution in [0, 0.1) is 17.6 Å². The van der Waals surface area contributed by atoms with Crippen LogP contribution < -0.4 is 5.32 Å². The normalized spacial score (nSPS) is 16.5. The van der Waals surface area contributed by atoms with E-state index in [1.165, 1.54) is 12.1 Å². The van der Waals surface area contributed by atoms with Gasteiger partial charge in [0.25, 0.3) is 0 Å². The van der Waals surface area contributed by atoms with Gasteiger partial charge in [0.05, 0.1) is 0 Å². The summed E-state index contributed by atoms with van der Waals surface area (Å²) in [7, 11) is 1.83. The molecule has 0 aliphatic carbocycles. The molecule has 6 nitrogen and oxygen atoms in total. The summed E-state index contributed by atoms with van der Waals surface area (Å²) in [5.41, 5.74) is 0.110. The number of hydrogen-bond acceptors (Lipinski definition) is 3. The predicted octanol–water partition coefficient (Wildman–Crippen LogP) is 2.35. The third-order valence-corrected chi connectivity index (χ3v) is 4.86. The molecule has 2 aromatic rings. The van der Waals surface area contributed by atoms with Crippen LogP contribution >= 0.6 is 0 Å². The van der Waals surface area contributed by atoms with Gasteiger partial charge in [0.2, 0.25) is 0 Å². The third kappa shape index (κ3) is 3.85. The summed E-state index contributed by atoms with van der Waals surface area (Å²) in [6.45, 7) is 0.908. The van der Waals surface area contributed by atoms with Crippen LogP contribution in [0.4, 0.5) is 13.6 Å². The molecule has 0 bridgehead atoms.